The van der Waals surface area contributed by atoms with Gasteiger partial charge >= 0.3 is 0 Å². The van der Waals surface area contributed by atoms with Crippen molar-refractivity contribution >= 4 is 11.8 Å². The molecule has 2 rings (SSSR count). The van der Waals surface area contributed by atoms with E-state index in [2.05, 4.69) is 10.3 Å². The van der Waals surface area contributed by atoms with Gasteiger partial charge in [-0.2, -0.15) is 5.26 Å². The molecule has 1 aliphatic heterocycles. The summed E-state index contributed by atoms with van der Waals surface area (Å²) in [6.45, 7) is 2.59. The van der Waals surface area contributed by atoms with Gasteiger partial charge in [0.15, 0.2) is 0 Å². The van der Waals surface area contributed by atoms with Crippen LogP contribution in [0.1, 0.15) is 22.5 Å². The molecule has 0 unspecified atom stereocenters. The fourth-order valence-electron chi connectivity index (χ4n) is 1.94. The SMILES string of the molecule is N#Cc1ccc(C(=O)NCCC(=O)N2CCOCC2)nc1. The molecule has 1 aromatic heterocycles. The Morgan fingerprint density at radius 1 is 1.38 bits per heavy atom. The molecule has 0 aromatic carbocycles. The topological polar surface area (TPSA) is 95.3 Å². The Kier molecular flexibility index (Phi) is 5.23. The lowest BCUT2D eigenvalue weighted by Gasteiger charge is -2.26. The third-order valence-electron chi connectivity index (χ3n) is 3.11. The van der Waals surface area contributed by atoms with Gasteiger partial charge in [0.1, 0.15) is 11.8 Å². The van der Waals surface area contributed by atoms with Crippen LogP contribution in [-0.2, 0) is 9.53 Å². The van der Waals surface area contributed by atoms with Crippen molar-refractivity contribution in [3.8, 4) is 6.07 Å². The van der Waals surface area contributed by atoms with E-state index < -0.39 is 0 Å². The lowest BCUT2D eigenvalue weighted by atomic mass is 10.2. The van der Waals surface area contributed by atoms with Crippen LogP contribution in [0.15, 0.2) is 18.3 Å². The van der Waals surface area contributed by atoms with Gasteiger partial charge in [0.05, 0.1) is 18.8 Å². The normalized spacial score (nSPS) is 14.3. The first kappa shape index (κ1) is 14.9. The van der Waals surface area contributed by atoms with E-state index >= 15 is 0 Å². The highest BCUT2D eigenvalue weighted by Crippen LogP contribution is 2.01. The Bertz CT molecular complexity index is 544. The highest BCUT2D eigenvalue weighted by molar-refractivity contribution is 5.92. The summed E-state index contributed by atoms with van der Waals surface area (Å²) in [6.07, 6.45) is 1.59. The number of carbonyl (C=O) groups excluding carboxylic acids is 2. The van der Waals surface area contributed by atoms with E-state index in [1.54, 1.807) is 4.90 Å². The van der Waals surface area contributed by atoms with Crippen molar-refractivity contribution in [2.45, 2.75) is 6.42 Å². The van der Waals surface area contributed by atoms with Gasteiger partial charge < -0.3 is 15.0 Å². The fourth-order valence-corrected chi connectivity index (χ4v) is 1.94. The van der Waals surface area contributed by atoms with Crippen molar-refractivity contribution < 1.29 is 14.3 Å². The van der Waals surface area contributed by atoms with Crippen LogP contribution in [0.25, 0.3) is 0 Å². The molecule has 110 valence electrons. The lowest BCUT2D eigenvalue weighted by Crippen LogP contribution is -2.42. The quantitative estimate of drug-likeness (QED) is 0.837. The number of pyridine rings is 1. The molecule has 7 nitrogen and oxygen atoms in total. The van der Waals surface area contributed by atoms with E-state index in [1.807, 2.05) is 6.07 Å². The molecule has 1 aliphatic rings. The van der Waals surface area contributed by atoms with Gasteiger partial charge in [0.25, 0.3) is 5.91 Å². The predicted molar refractivity (Wildman–Crippen MR) is 73.3 cm³/mol. The number of aromatic nitrogens is 1. The number of hydrogen-bond donors (Lipinski definition) is 1. The fraction of sp³-hybridized carbons (Fsp3) is 0.429. The molecule has 0 saturated carbocycles. The standard InChI is InChI=1S/C14H16N4O3/c15-9-11-1-2-12(17-10-11)14(20)16-4-3-13(19)18-5-7-21-8-6-18/h1-2,10H,3-8H2,(H,16,20). The number of amides is 2. The van der Waals surface area contributed by atoms with E-state index in [0.717, 1.165) is 0 Å². The number of nitrogens with zero attached hydrogens (tertiary/aromatic N) is 3. The second-order valence-electron chi connectivity index (χ2n) is 4.54. The van der Waals surface area contributed by atoms with Crippen LogP contribution in [0.5, 0.6) is 0 Å². The van der Waals surface area contributed by atoms with E-state index in [-0.39, 0.29) is 30.5 Å². The van der Waals surface area contributed by atoms with Gasteiger partial charge in [-0.3, -0.25) is 9.59 Å². The molecule has 0 aliphatic carbocycles. The van der Waals surface area contributed by atoms with Crippen molar-refractivity contribution in [1.29, 1.82) is 5.26 Å². The molecule has 0 radical (unpaired) electrons. The molecule has 0 bridgehead atoms. The van der Waals surface area contributed by atoms with Gasteiger partial charge in [0, 0.05) is 32.3 Å². The molecule has 1 saturated heterocycles. The van der Waals surface area contributed by atoms with Crippen molar-refractivity contribution in [3.63, 3.8) is 0 Å². The number of carbonyl (C=O) groups is 2. The first-order valence-electron chi connectivity index (χ1n) is 6.70. The predicted octanol–water partition coefficient (Wildman–Crippen LogP) is -0.0680. The average molecular weight is 288 g/mol. The summed E-state index contributed by atoms with van der Waals surface area (Å²) in [5.74, 6) is -0.347. The molecule has 21 heavy (non-hydrogen) atoms. The molecule has 0 atom stereocenters. The summed E-state index contributed by atoms with van der Waals surface area (Å²) in [6, 6.07) is 4.95. The van der Waals surface area contributed by atoms with Crippen LogP contribution >= 0.6 is 0 Å². The minimum atomic E-state index is -0.353. The molecule has 1 N–H and O–H groups in total. The van der Waals surface area contributed by atoms with E-state index in [9.17, 15) is 9.59 Å². The van der Waals surface area contributed by atoms with Crippen molar-refractivity contribution in [1.82, 2.24) is 15.2 Å². The van der Waals surface area contributed by atoms with Crippen LogP contribution in [0.2, 0.25) is 0 Å². The molecule has 0 spiro atoms. The molecule has 1 aromatic rings. The Labute approximate surface area is 122 Å². The smallest absolute Gasteiger partial charge is 0.269 e. The summed E-state index contributed by atoms with van der Waals surface area (Å²) >= 11 is 0. The summed E-state index contributed by atoms with van der Waals surface area (Å²) in [4.78, 5) is 29.3. The van der Waals surface area contributed by atoms with Crippen LogP contribution in [0.3, 0.4) is 0 Å². The molecule has 1 fully saturated rings. The Balaban J connectivity index is 1.75. The van der Waals surface area contributed by atoms with Crippen molar-refractivity contribution in [2.75, 3.05) is 32.8 Å². The number of hydrogen-bond acceptors (Lipinski definition) is 5. The number of morpholine rings is 1. The third kappa shape index (κ3) is 4.26. The molecule has 2 amide bonds. The summed E-state index contributed by atoms with van der Waals surface area (Å²) < 4.78 is 5.17. The summed E-state index contributed by atoms with van der Waals surface area (Å²) in [5, 5.41) is 11.3. The Morgan fingerprint density at radius 2 is 2.14 bits per heavy atom. The first-order valence-corrected chi connectivity index (χ1v) is 6.70. The van der Waals surface area contributed by atoms with Crippen LogP contribution in [0, 0.1) is 11.3 Å². The van der Waals surface area contributed by atoms with Gasteiger partial charge in [0.2, 0.25) is 5.91 Å². The number of rotatable bonds is 4. The number of nitrogens with one attached hydrogen (secondary N) is 1. The van der Waals surface area contributed by atoms with E-state index in [4.69, 9.17) is 10.00 Å². The molecule has 7 heteroatoms. The highest BCUT2D eigenvalue weighted by Gasteiger charge is 2.16. The molecule has 2 heterocycles. The van der Waals surface area contributed by atoms with E-state index in [1.165, 1.54) is 18.3 Å². The van der Waals surface area contributed by atoms with Gasteiger partial charge in [-0.25, -0.2) is 4.98 Å². The third-order valence-corrected chi connectivity index (χ3v) is 3.11. The van der Waals surface area contributed by atoms with Crippen molar-refractivity contribution in [3.05, 3.63) is 29.6 Å². The molecular weight excluding hydrogens is 272 g/mol. The molecular formula is C14H16N4O3. The number of ether oxygens (including phenoxy) is 1. The lowest BCUT2D eigenvalue weighted by molar-refractivity contribution is -0.135. The first-order chi connectivity index (χ1) is 10.2. The monoisotopic (exact) mass is 288 g/mol. The maximum absolute atomic E-state index is 11.9. The minimum absolute atomic E-state index is 0.00591. The summed E-state index contributed by atoms with van der Waals surface area (Å²) in [7, 11) is 0. The van der Waals surface area contributed by atoms with Gasteiger partial charge in [-0.15, -0.1) is 0 Å². The zero-order valence-electron chi connectivity index (χ0n) is 11.5. The highest BCUT2D eigenvalue weighted by atomic mass is 16.5. The van der Waals surface area contributed by atoms with Crippen molar-refractivity contribution in [2.24, 2.45) is 0 Å². The number of nitriles is 1. The zero-order valence-corrected chi connectivity index (χ0v) is 11.5. The van der Waals surface area contributed by atoms with Gasteiger partial charge in [-0.1, -0.05) is 0 Å². The van der Waals surface area contributed by atoms with Crippen LogP contribution in [-0.4, -0.2) is 54.5 Å². The van der Waals surface area contributed by atoms with Crippen LogP contribution in [0.4, 0.5) is 0 Å². The maximum Gasteiger partial charge on any atom is 0.269 e. The zero-order chi connectivity index (χ0) is 15.1. The van der Waals surface area contributed by atoms with Gasteiger partial charge in [-0.05, 0) is 12.1 Å². The second kappa shape index (κ2) is 7.36. The summed E-state index contributed by atoms with van der Waals surface area (Å²) in [5.41, 5.74) is 0.627. The second-order valence-corrected chi connectivity index (χ2v) is 4.54. The Morgan fingerprint density at radius 3 is 2.76 bits per heavy atom. The average Bonchev–Trinajstić information content (AvgIpc) is 2.55. The largest absolute Gasteiger partial charge is 0.378 e. The van der Waals surface area contributed by atoms with E-state index in [0.29, 0.717) is 31.9 Å². The minimum Gasteiger partial charge on any atom is -0.378 e. The maximum atomic E-state index is 11.9. The Hall–Kier alpha value is -2.46. The van der Waals surface area contributed by atoms with Crippen LogP contribution < -0.4 is 5.32 Å².